The van der Waals surface area contributed by atoms with Gasteiger partial charge in [0.25, 0.3) is 5.91 Å². The van der Waals surface area contributed by atoms with Crippen LogP contribution in [0.5, 0.6) is 11.5 Å². The van der Waals surface area contributed by atoms with Gasteiger partial charge in [0.05, 0.1) is 19.9 Å². The molecule has 0 bridgehead atoms. The molecular weight excluding hydrogens is 390 g/mol. The minimum absolute atomic E-state index is 0.0797. The first-order chi connectivity index (χ1) is 14.1. The Morgan fingerprint density at radius 1 is 1.28 bits per heavy atom. The van der Waals surface area contributed by atoms with Gasteiger partial charge in [-0.05, 0) is 30.7 Å². The minimum Gasteiger partial charge on any atom is -0.497 e. The number of thiazole rings is 1. The van der Waals surface area contributed by atoms with Crippen molar-refractivity contribution >= 4 is 22.4 Å². The summed E-state index contributed by atoms with van der Waals surface area (Å²) in [4.78, 5) is 19.4. The SMILES string of the molecule is COc1ccc(OC)c(-c2cc(C(=O)NC3CCN(c4nccs4)C3)n(C)n2)c1. The number of nitrogens with one attached hydrogen (secondary N) is 1. The second-order valence-corrected chi connectivity index (χ2v) is 7.70. The Hall–Kier alpha value is -3.07. The molecule has 1 N–H and O–H groups in total. The lowest BCUT2D eigenvalue weighted by molar-refractivity contribution is 0.0931. The number of anilines is 1. The second kappa shape index (κ2) is 8.12. The molecule has 1 unspecified atom stereocenters. The first-order valence-electron chi connectivity index (χ1n) is 9.30. The number of carbonyl (C=O) groups is 1. The van der Waals surface area contributed by atoms with Crippen LogP contribution in [0, 0.1) is 0 Å². The van der Waals surface area contributed by atoms with Gasteiger partial charge in [0.15, 0.2) is 5.13 Å². The summed E-state index contributed by atoms with van der Waals surface area (Å²) >= 11 is 1.61. The van der Waals surface area contributed by atoms with E-state index in [1.165, 1.54) is 0 Å². The van der Waals surface area contributed by atoms with E-state index in [1.807, 2.05) is 23.6 Å². The van der Waals surface area contributed by atoms with Gasteiger partial charge in [0.2, 0.25) is 0 Å². The molecule has 1 amide bonds. The van der Waals surface area contributed by atoms with Gasteiger partial charge < -0.3 is 19.7 Å². The number of methoxy groups -OCH3 is 2. The molecule has 1 aliphatic rings. The molecule has 4 rings (SSSR count). The van der Waals surface area contributed by atoms with E-state index in [4.69, 9.17) is 9.47 Å². The number of aryl methyl sites for hydroxylation is 1. The second-order valence-electron chi connectivity index (χ2n) is 6.82. The van der Waals surface area contributed by atoms with Crippen molar-refractivity contribution in [1.29, 1.82) is 0 Å². The van der Waals surface area contributed by atoms with Crippen molar-refractivity contribution < 1.29 is 14.3 Å². The molecule has 9 heteroatoms. The number of hydrogen-bond donors (Lipinski definition) is 1. The first kappa shape index (κ1) is 19.3. The van der Waals surface area contributed by atoms with E-state index in [9.17, 15) is 4.79 Å². The quantitative estimate of drug-likeness (QED) is 0.669. The van der Waals surface area contributed by atoms with Crippen LogP contribution in [0.15, 0.2) is 35.8 Å². The largest absolute Gasteiger partial charge is 0.497 e. The van der Waals surface area contributed by atoms with E-state index in [0.717, 1.165) is 30.2 Å². The molecule has 3 heterocycles. The zero-order valence-corrected chi connectivity index (χ0v) is 17.4. The predicted octanol–water partition coefficient (Wildman–Crippen LogP) is 2.57. The molecule has 3 aromatic rings. The van der Waals surface area contributed by atoms with Crippen molar-refractivity contribution in [2.75, 3.05) is 32.2 Å². The fourth-order valence-corrected chi connectivity index (χ4v) is 4.19. The van der Waals surface area contributed by atoms with E-state index in [1.54, 1.807) is 49.5 Å². The zero-order chi connectivity index (χ0) is 20.4. The number of hydrogen-bond acceptors (Lipinski definition) is 7. The average Bonchev–Trinajstić information content (AvgIpc) is 3.48. The summed E-state index contributed by atoms with van der Waals surface area (Å²) < 4.78 is 12.4. The van der Waals surface area contributed by atoms with E-state index in [0.29, 0.717) is 22.9 Å². The molecule has 1 aliphatic heterocycles. The molecule has 8 nitrogen and oxygen atoms in total. The van der Waals surface area contributed by atoms with Crippen molar-refractivity contribution in [1.82, 2.24) is 20.1 Å². The monoisotopic (exact) mass is 413 g/mol. The van der Waals surface area contributed by atoms with E-state index < -0.39 is 0 Å². The maximum atomic E-state index is 12.9. The summed E-state index contributed by atoms with van der Waals surface area (Å²) in [5, 5.41) is 10.6. The highest BCUT2D eigenvalue weighted by atomic mass is 32.1. The summed E-state index contributed by atoms with van der Waals surface area (Å²) in [5.41, 5.74) is 1.93. The van der Waals surface area contributed by atoms with E-state index in [2.05, 4.69) is 20.3 Å². The van der Waals surface area contributed by atoms with Gasteiger partial charge >= 0.3 is 0 Å². The maximum Gasteiger partial charge on any atom is 0.269 e. The predicted molar refractivity (Wildman–Crippen MR) is 112 cm³/mol. The Labute approximate surface area is 173 Å². The summed E-state index contributed by atoms with van der Waals surface area (Å²) in [6.07, 6.45) is 2.69. The fraction of sp³-hybridized carbons (Fsp3) is 0.350. The highest BCUT2D eigenvalue weighted by Gasteiger charge is 2.27. The fourth-order valence-electron chi connectivity index (χ4n) is 3.51. The Morgan fingerprint density at radius 2 is 2.14 bits per heavy atom. The molecule has 1 atom stereocenters. The first-order valence-corrected chi connectivity index (χ1v) is 10.2. The summed E-state index contributed by atoms with van der Waals surface area (Å²) in [7, 11) is 4.98. The summed E-state index contributed by atoms with van der Waals surface area (Å²) in [6, 6.07) is 7.36. The van der Waals surface area contributed by atoms with Crippen LogP contribution in [0.4, 0.5) is 5.13 Å². The number of rotatable bonds is 6. The lowest BCUT2D eigenvalue weighted by Gasteiger charge is -2.15. The third-order valence-electron chi connectivity index (χ3n) is 5.01. The van der Waals surface area contributed by atoms with Crippen LogP contribution in [-0.2, 0) is 7.05 Å². The van der Waals surface area contributed by atoms with Crippen molar-refractivity contribution in [3.63, 3.8) is 0 Å². The van der Waals surface area contributed by atoms with E-state index >= 15 is 0 Å². The number of benzene rings is 1. The van der Waals surface area contributed by atoms with Crippen LogP contribution in [0.3, 0.4) is 0 Å². The Balaban J connectivity index is 1.50. The molecule has 1 saturated heterocycles. The van der Waals surface area contributed by atoms with E-state index in [-0.39, 0.29) is 11.9 Å². The molecule has 2 aromatic heterocycles. The lowest BCUT2D eigenvalue weighted by atomic mass is 10.1. The number of ether oxygens (including phenoxy) is 2. The molecule has 29 heavy (non-hydrogen) atoms. The van der Waals surface area contributed by atoms with Gasteiger partial charge in [-0.2, -0.15) is 5.10 Å². The number of aromatic nitrogens is 3. The van der Waals surface area contributed by atoms with Gasteiger partial charge in [0, 0.05) is 43.3 Å². The number of amides is 1. The molecule has 0 radical (unpaired) electrons. The molecular formula is C20H23N5O3S. The van der Waals surface area contributed by atoms with Gasteiger partial charge in [-0.25, -0.2) is 4.98 Å². The average molecular weight is 414 g/mol. The van der Waals surface area contributed by atoms with Crippen LogP contribution in [-0.4, -0.2) is 54.0 Å². The molecule has 0 aliphatic carbocycles. The standard InChI is InChI=1S/C20H23N5O3S/c1-24-17(11-16(23-24)15-10-14(27-2)4-5-18(15)28-3)19(26)22-13-6-8-25(12-13)20-21-7-9-29-20/h4-5,7,9-11,13H,6,8,12H2,1-3H3,(H,22,26). The van der Waals surface area contributed by atoms with Crippen LogP contribution in [0.25, 0.3) is 11.3 Å². The van der Waals surface area contributed by atoms with Crippen LogP contribution in [0.2, 0.25) is 0 Å². The smallest absolute Gasteiger partial charge is 0.269 e. The Morgan fingerprint density at radius 3 is 2.86 bits per heavy atom. The van der Waals surface area contributed by atoms with Crippen molar-refractivity contribution in [2.24, 2.45) is 7.05 Å². The van der Waals surface area contributed by atoms with Crippen molar-refractivity contribution in [3.05, 3.63) is 41.5 Å². The molecule has 1 fully saturated rings. The van der Waals surface area contributed by atoms with Gasteiger partial charge in [-0.3, -0.25) is 9.48 Å². The maximum absolute atomic E-state index is 12.9. The van der Waals surface area contributed by atoms with Gasteiger partial charge in [-0.15, -0.1) is 11.3 Å². The lowest BCUT2D eigenvalue weighted by Crippen LogP contribution is -2.37. The zero-order valence-electron chi connectivity index (χ0n) is 16.6. The molecule has 0 spiro atoms. The van der Waals surface area contributed by atoms with Crippen molar-refractivity contribution in [3.8, 4) is 22.8 Å². The normalized spacial score (nSPS) is 16.1. The van der Waals surface area contributed by atoms with Crippen LogP contribution < -0.4 is 19.7 Å². The Kier molecular flexibility index (Phi) is 5.39. The number of nitrogens with zero attached hydrogens (tertiary/aromatic N) is 4. The van der Waals surface area contributed by atoms with Gasteiger partial charge in [-0.1, -0.05) is 0 Å². The molecule has 152 valence electrons. The summed E-state index contributed by atoms with van der Waals surface area (Å²) in [6.45, 7) is 1.64. The molecule has 0 saturated carbocycles. The Bertz CT molecular complexity index is 1000. The summed E-state index contributed by atoms with van der Waals surface area (Å²) in [5.74, 6) is 1.23. The third kappa shape index (κ3) is 3.91. The molecule has 1 aromatic carbocycles. The van der Waals surface area contributed by atoms with Crippen LogP contribution in [0.1, 0.15) is 16.9 Å². The highest BCUT2D eigenvalue weighted by molar-refractivity contribution is 7.13. The van der Waals surface area contributed by atoms with Crippen molar-refractivity contribution in [2.45, 2.75) is 12.5 Å². The highest BCUT2D eigenvalue weighted by Crippen LogP contribution is 2.33. The topological polar surface area (TPSA) is 81.5 Å². The minimum atomic E-state index is -0.140. The third-order valence-corrected chi connectivity index (χ3v) is 5.84. The van der Waals surface area contributed by atoms with Gasteiger partial charge in [0.1, 0.15) is 17.2 Å². The number of carbonyl (C=O) groups excluding carboxylic acids is 1. The van der Waals surface area contributed by atoms with Crippen LogP contribution >= 0.6 is 11.3 Å².